The lowest BCUT2D eigenvalue weighted by Gasteiger charge is -2.19. The maximum atomic E-state index is 12.2. The van der Waals surface area contributed by atoms with Crippen LogP contribution in [-0.2, 0) is 14.3 Å². The minimum absolute atomic E-state index is 0.305. The molecule has 3 N–H and O–H groups in total. The molecule has 2 rings (SSSR count). The van der Waals surface area contributed by atoms with Gasteiger partial charge in [-0.15, -0.1) is 0 Å². The van der Waals surface area contributed by atoms with Crippen molar-refractivity contribution >= 4 is 23.7 Å². The monoisotopic (exact) mass is 462 g/mol. The van der Waals surface area contributed by atoms with Gasteiger partial charge in [0.25, 0.3) is 5.91 Å². The van der Waals surface area contributed by atoms with Crippen LogP contribution in [0.3, 0.4) is 0 Å². The summed E-state index contributed by atoms with van der Waals surface area (Å²) in [5.41, 5.74) is 1.69. The molecule has 0 fully saturated rings. The van der Waals surface area contributed by atoms with Gasteiger partial charge in [0.15, 0.2) is 6.04 Å². The highest BCUT2D eigenvalue weighted by Gasteiger charge is 2.21. The maximum absolute atomic E-state index is 12.2. The van der Waals surface area contributed by atoms with Crippen LogP contribution < -0.4 is 10.6 Å². The highest BCUT2D eigenvalue weighted by Crippen LogP contribution is 2.12. The van der Waals surface area contributed by atoms with Crippen LogP contribution in [0.4, 0.5) is 10.5 Å². The van der Waals surface area contributed by atoms with Gasteiger partial charge in [-0.25, -0.2) is 9.59 Å². The second-order valence-corrected chi connectivity index (χ2v) is 8.01. The van der Waals surface area contributed by atoms with Gasteiger partial charge >= 0.3 is 12.1 Å². The smallest absolute Gasteiger partial charge is 0.412 e. The van der Waals surface area contributed by atoms with Gasteiger partial charge < -0.3 is 19.9 Å². The molecule has 0 unspecified atom stereocenters. The quantitative estimate of drug-likeness (QED) is 0.465. The van der Waals surface area contributed by atoms with Gasteiger partial charge in [-0.3, -0.25) is 10.1 Å². The fraction of sp³-hybridized carbons (Fsp3) is 0.269. The molecule has 0 aliphatic rings. The van der Waals surface area contributed by atoms with Crippen molar-refractivity contribution in [2.75, 3.05) is 19.0 Å². The number of nitrogens with one attached hydrogen (secondary N) is 2. The van der Waals surface area contributed by atoms with Gasteiger partial charge in [0.05, 0.1) is 13.7 Å². The SMILES string of the molecule is COC(=O)[C@@H](CO)NC(=O)c1ccc(C#CC#Cc2ccc(NC(=O)OC(C)(C)C)cc2)cc1. The highest BCUT2D eigenvalue weighted by atomic mass is 16.6. The van der Waals surface area contributed by atoms with E-state index in [9.17, 15) is 19.5 Å². The molecule has 1 atom stereocenters. The van der Waals surface area contributed by atoms with Gasteiger partial charge in [0, 0.05) is 22.4 Å². The molecule has 2 aromatic carbocycles. The van der Waals surface area contributed by atoms with E-state index >= 15 is 0 Å². The van der Waals surface area contributed by atoms with Crippen molar-refractivity contribution in [1.29, 1.82) is 0 Å². The number of ether oxygens (including phenoxy) is 2. The van der Waals surface area contributed by atoms with E-state index in [-0.39, 0.29) is 0 Å². The Bertz CT molecular complexity index is 1140. The van der Waals surface area contributed by atoms with Crippen molar-refractivity contribution < 1.29 is 29.0 Å². The van der Waals surface area contributed by atoms with Crippen molar-refractivity contribution in [2.24, 2.45) is 0 Å². The fourth-order valence-corrected chi connectivity index (χ4v) is 2.53. The number of hydrogen-bond donors (Lipinski definition) is 3. The average Bonchev–Trinajstić information content (AvgIpc) is 2.79. The molecule has 0 aromatic heterocycles. The molecule has 0 aliphatic heterocycles. The summed E-state index contributed by atoms with van der Waals surface area (Å²) < 4.78 is 9.72. The number of carbonyl (C=O) groups excluding carboxylic acids is 3. The molecule has 34 heavy (non-hydrogen) atoms. The molecule has 0 bridgehead atoms. The van der Waals surface area contributed by atoms with Crippen molar-refractivity contribution in [3.05, 3.63) is 65.2 Å². The van der Waals surface area contributed by atoms with E-state index in [1.165, 1.54) is 7.11 Å². The number of carbonyl (C=O) groups is 3. The molecule has 0 radical (unpaired) electrons. The summed E-state index contributed by atoms with van der Waals surface area (Å²) in [4.78, 5) is 35.4. The lowest BCUT2D eigenvalue weighted by molar-refractivity contribution is -0.143. The summed E-state index contributed by atoms with van der Waals surface area (Å²) in [6.45, 7) is 4.80. The lowest BCUT2D eigenvalue weighted by Crippen LogP contribution is -2.44. The zero-order valence-corrected chi connectivity index (χ0v) is 19.4. The zero-order chi connectivity index (χ0) is 25.1. The van der Waals surface area contributed by atoms with Crippen molar-refractivity contribution in [2.45, 2.75) is 32.4 Å². The third-order valence-electron chi connectivity index (χ3n) is 4.13. The average molecular weight is 463 g/mol. The van der Waals surface area contributed by atoms with Crippen LogP contribution in [0.1, 0.15) is 42.3 Å². The first-order valence-electron chi connectivity index (χ1n) is 10.3. The summed E-state index contributed by atoms with van der Waals surface area (Å²) >= 11 is 0. The molecule has 0 saturated heterocycles. The number of benzene rings is 2. The number of methoxy groups -OCH3 is 1. The lowest BCUT2D eigenvalue weighted by atomic mass is 10.1. The van der Waals surface area contributed by atoms with E-state index in [0.717, 1.165) is 5.56 Å². The first-order chi connectivity index (χ1) is 16.1. The van der Waals surface area contributed by atoms with Gasteiger partial charge in [-0.2, -0.15) is 0 Å². The van der Waals surface area contributed by atoms with E-state index in [4.69, 9.17) is 4.74 Å². The Morgan fingerprint density at radius 2 is 1.47 bits per heavy atom. The molecule has 2 aromatic rings. The fourth-order valence-electron chi connectivity index (χ4n) is 2.53. The molecule has 0 spiro atoms. The number of anilines is 1. The highest BCUT2D eigenvalue weighted by molar-refractivity contribution is 5.96. The summed E-state index contributed by atoms with van der Waals surface area (Å²) in [6.07, 6.45) is -0.530. The Balaban J connectivity index is 1.94. The number of amides is 2. The third-order valence-corrected chi connectivity index (χ3v) is 4.13. The Morgan fingerprint density at radius 3 is 1.94 bits per heavy atom. The second kappa shape index (κ2) is 12.1. The van der Waals surface area contributed by atoms with Crippen LogP contribution in [0, 0.1) is 23.7 Å². The Kier molecular flexibility index (Phi) is 9.25. The first-order valence-corrected chi connectivity index (χ1v) is 10.3. The number of esters is 1. The summed E-state index contributed by atoms with van der Waals surface area (Å²) in [5.74, 6) is 10.0. The third kappa shape index (κ3) is 8.70. The molecule has 0 heterocycles. The Labute approximate surface area is 198 Å². The first kappa shape index (κ1) is 26.0. The Morgan fingerprint density at radius 1 is 0.941 bits per heavy atom. The van der Waals surface area contributed by atoms with Crippen molar-refractivity contribution in [3.8, 4) is 23.7 Å². The Hall–Kier alpha value is -4.27. The molecule has 0 aliphatic carbocycles. The summed E-state index contributed by atoms with van der Waals surface area (Å²) in [6, 6.07) is 12.2. The van der Waals surface area contributed by atoms with E-state index in [1.54, 1.807) is 69.3 Å². The number of aliphatic hydroxyl groups is 1. The number of hydrogen-bond acceptors (Lipinski definition) is 6. The van der Waals surface area contributed by atoms with E-state index in [0.29, 0.717) is 16.8 Å². The summed E-state index contributed by atoms with van der Waals surface area (Å²) in [5, 5.41) is 14.2. The van der Waals surface area contributed by atoms with Crippen LogP contribution in [0.5, 0.6) is 0 Å². The molecule has 8 nitrogen and oxygen atoms in total. The second-order valence-electron chi connectivity index (χ2n) is 8.01. The van der Waals surface area contributed by atoms with Gasteiger partial charge in [0.2, 0.25) is 0 Å². The van der Waals surface area contributed by atoms with Gasteiger partial charge in [-0.1, -0.05) is 11.8 Å². The van der Waals surface area contributed by atoms with Crippen LogP contribution in [0.15, 0.2) is 48.5 Å². The maximum Gasteiger partial charge on any atom is 0.412 e. The van der Waals surface area contributed by atoms with Crippen molar-refractivity contribution in [1.82, 2.24) is 5.32 Å². The van der Waals surface area contributed by atoms with E-state index in [1.807, 2.05) is 0 Å². The topological polar surface area (TPSA) is 114 Å². The van der Waals surface area contributed by atoms with Crippen LogP contribution >= 0.6 is 0 Å². The van der Waals surface area contributed by atoms with Crippen LogP contribution in [-0.4, -0.2) is 48.4 Å². The predicted molar refractivity (Wildman–Crippen MR) is 127 cm³/mol. The minimum atomic E-state index is -1.13. The largest absolute Gasteiger partial charge is 0.467 e. The molecule has 176 valence electrons. The van der Waals surface area contributed by atoms with Crippen molar-refractivity contribution in [3.63, 3.8) is 0 Å². The predicted octanol–water partition coefficient (Wildman–Crippen LogP) is 2.70. The molecular weight excluding hydrogens is 436 g/mol. The standard InChI is InChI=1S/C26H26N2O6/c1-26(2,3)34-25(32)27-21-15-11-19(12-16-21)8-6-5-7-18-9-13-20(14-10-18)23(30)28-22(17-29)24(31)33-4/h9-16,22,29H,17H2,1-4H3,(H,27,32)(H,28,30)/t22-/m1/s1. The van der Waals surface area contributed by atoms with E-state index in [2.05, 4.69) is 39.1 Å². The van der Waals surface area contributed by atoms with Crippen LogP contribution in [0.25, 0.3) is 0 Å². The normalized spacial score (nSPS) is 11.0. The van der Waals surface area contributed by atoms with Gasteiger partial charge in [-0.05, 0) is 81.1 Å². The minimum Gasteiger partial charge on any atom is -0.467 e. The summed E-state index contributed by atoms with van der Waals surface area (Å²) in [7, 11) is 1.17. The molecule has 0 saturated carbocycles. The zero-order valence-electron chi connectivity index (χ0n) is 19.4. The molecule has 8 heteroatoms. The number of rotatable bonds is 5. The van der Waals surface area contributed by atoms with Gasteiger partial charge in [0.1, 0.15) is 5.60 Å². The van der Waals surface area contributed by atoms with E-state index < -0.39 is 36.2 Å². The number of aliphatic hydroxyl groups excluding tert-OH is 1. The molecular formula is C26H26N2O6. The molecule has 2 amide bonds. The van der Waals surface area contributed by atoms with Crippen LogP contribution in [0.2, 0.25) is 0 Å².